The Morgan fingerprint density at radius 3 is 2.65 bits per heavy atom. The lowest BCUT2D eigenvalue weighted by Crippen LogP contribution is -2.32. The zero-order valence-corrected chi connectivity index (χ0v) is 12.5. The molecular weight excluding hydrogens is 248 g/mol. The highest BCUT2D eigenvalue weighted by Crippen LogP contribution is 2.24. The minimum atomic E-state index is 0.831. The first kappa shape index (κ1) is 13.4. The van der Waals surface area contributed by atoms with Gasteiger partial charge in [-0.05, 0) is 38.3 Å². The van der Waals surface area contributed by atoms with Gasteiger partial charge in [0.15, 0.2) is 0 Å². The molecule has 0 saturated carbocycles. The van der Waals surface area contributed by atoms with Crippen molar-refractivity contribution in [3.63, 3.8) is 0 Å². The van der Waals surface area contributed by atoms with Gasteiger partial charge in [0.1, 0.15) is 5.01 Å². The highest BCUT2D eigenvalue weighted by Gasteiger charge is 2.17. The molecule has 4 heteroatoms. The van der Waals surface area contributed by atoms with Crippen LogP contribution in [0.25, 0.3) is 0 Å². The molecule has 0 aliphatic carbocycles. The zero-order valence-electron chi connectivity index (χ0n) is 10.8. The fourth-order valence-corrected chi connectivity index (χ4v) is 3.75. The molecular formula is C13H22N2S2. The van der Waals surface area contributed by atoms with E-state index in [0.29, 0.717) is 0 Å². The van der Waals surface area contributed by atoms with E-state index in [2.05, 4.69) is 31.4 Å². The number of thiol groups is 1. The maximum Gasteiger partial charge on any atom is 0.107 e. The Balaban J connectivity index is 1.96. The predicted octanol–water partition coefficient (Wildman–Crippen LogP) is 3.37. The Labute approximate surface area is 114 Å². The minimum Gasteiger partial charge on any atom is -0.297 e. The molecule has 0 radical (unpaired) electrons. The van der Waals surface area contributed by atoms with Crippen LogP contribution in [0.5, 0.6) is 0 Å². The monoisotopic (exact) mass is 270 g/mol. The molecule has 2 heterocycles. The Kier molecular flexibility index (Phi) is 4.88. The van der Waals surface area contributed by atoms with Crippen molar-refractivity contribution in [2.45, 2.75) is 45.4 Å². The standard InChI is InChI=1S/C13H22N2S2/c1-3-11-12(9-16)17-13(14-11)8-15-6-4-10(2)5-7-15/h10,16H,3-9H2,1-2H3. The van der Waals surface area contributed by atoms with E-state index in [1.807, 2.05) is 11.3 Å². The lowest BCUT2D eigenvalue weighted by Gasteiger charge is -2.29. The Morgan fingerprint density at radius 1 is 1.41 bits per heavy atom. The highest BCUT2D eigenvalue weighted by molar-refractivity contribution is 7.79. The van der Waals surface area contributed by atoms with Crippen molar-refractivity contribution in [2.75, 3.05) is 13.1 Å². The molecule has 1 fully saturated rings. The van der Waals surface area contributed by atoms with Crippen LogP contribution in [0.1, 0.15) is 42.3 Å². The molecule has 0 spiro atoms. The molecule has 96 valence electrons. The average molecular weight is 270 g/mol. The number of nitrogens with zero attached hydrogens (tertiary/aromatic N) is 2. The lowest BCUT2D eigenvalue weighted by molar-refractivity contribution is 0.185. The molecule has 0 bridgehead atoms. The second-order valence-corrected chi connectivity index (χ2v) is 6.43. The normalized spacial score (nSPS) is 18.8. The highest BCUT2D eigenvalue weighted by atomic mass is 32.1. The van der Waals surface area contributed by atoms with E-state index in [-0.39, 0.29) is 0 Å². The zero-order chi connectivity index (χ0) is 12.3. The summed E-state index contributed by atoms with van der Waals surface area (Å²) in [5.74, 6) is 1.74. The smallest absolute Gasteiger partial charge is 0.107 e. The first-order valence-electron chi connectivity index (χ1n) is 6.53. The van der Waals surface area contributed by atoms with Crippen LogP contribution in [-0.2, 0) is 18.7 Å². The second-order valence-electron chi connectivity index (χ2n) is 4.95. The number of hydrogen-bond acceptors (Lipinski definition) is 4. The lowest BCUT2D eigenvalue weighted by atomic mass is 9.99. The third kappa shape index (κ3) is 3.46. The van der Waals surface area contributed by atoms with Gasteiger partial charge in [0.05, 0.1) is 12.2 Å². The van der Waals surface area contributed by atoms with Gasteiger partial charge in [-0.2, -0.15) is 12.6 Å². The van der Waals surface area contributed by atoms with Crippen molar-refractivity contribution in [3.05, 3.63) is 15.6 Å². The van der Waals surface area contributed by atoms with Gasteiger partial charge in [-0.15, -0.1) is 11.3 Å². The molecule has 0 unspecified atom stereocenters. The summed E-state index contributed by atoms with van der Waals surface area (Å²) in [6, 6.07) is 0. The molecule has 0 N–H and O–H groups in total. The molecule has 2 nitrogen and oxygen atoms in total. The van der Waals surface area contributed by atoms with Crippen molar-refractivity contribution in [2.24, 2.45) is 5.92 Å². The van der Waals surface area contributed by atoms with Gasteiger partial charge >= 0.3 is 0 Å². The van der Waals surface area contributed by atoms with Crippen molar-refractivity contribution in [1.82, 2.24) is 9.88 Å². The maximum atomic E-state index is 4.74. The van der Waals surface area contributed by atoms with E-state index in [0.717, 1.165) is 24.6 Å². The summed E-state index contributed by atoms with van der Waals surface area (Å²) >= 11 is 6.23. The van der Waals surface area contributed by atoms with Gasteiger partial charge in [-0.25, -0.2) is 4.98 Å². The van der Waals surface area contributed by atoms with Crippen LogP contribution < -0.4 is 0 Å². The molecule has 0 amide bonds. The van der Waals surface area contributed by atoms with E-state index in [1.165, 1.54) is 41.5 Å². The van der Waals surface area contributed by atoms with Crippen molar-refractivity contribution in [1.29, 1.82) is 0 Å². The molecule has 1 saturated heterocycles. The van der Waals surface area contributed by atoms with Gasteiger partial charge in [0, 0.05) is 10.6 Å². The SMILES string of the molecule is CCc1nc(CN2CCC(C)CC2)sc1CS. The van der Waals surface area contributed by atoms with E-state index >= 15 is 0 Å². The Hall–Kier alpha value is -0.0600. The third-order valence-corrected chi connectivity index (χ3v) is 5.15. The van der Waals surface area contributed by atoms with Gasteiger partial charge in [0.25, 0.3) is 0 Å². The first-order chi connectivity index (χ1) is 8.22. The number of thiazole rings is 1. The van der Waals surface area contributed by atoms with Crippen LogP contribution in [0.3, 0.4) is 0 Å². The Bertz CT molecular complexity index is 333. The number of likely N-dealkylation sites (tertiary alicyclic amines) is 1. The molecule has 0 aromatic carbocycles. The first-order valence-corrected chi connectivity index (χ1v) is 7.98. The minimum absolute atomic E-state index is 0.831. The average Bonchev–Trinajstić information content (AvgIpc) is 2.74. The fourth-order valence-electron chi connectivity index (χ4n) is 2.32. The fraction of sp³-hybridized carbons (Fsp3) is 0.769. The Morgan fingerprint density at radius 2 is 2.12 bits per heavy atom. The van der Waals surface area contributed by atoms with Crippen molar-refractivity contribution in [3.8, 4) is 0 Å². The van der Waals surface area contributed by atoms with E-state index in [1.54, 1.807) is 0 Å². The van der Waals surface area contributed by atoms with Gasteiger partial charge in [-0.1, -0.05) is 13.8 Å². The van der Waals surface area contributed by atoms with Crippen LogP contribution in [0.2, 0.25) is 0 Å². The van der Waals surface area contributed by atoms with Gasteiger partial charge < -0.3 is 0 Å². The van der Waals surface area contributed by atoms with E-state index < -0.39 is 0 Å². The summed E-state index contributed by atoms with van der Waals surface area (Å²) in [7, 11) is 0. The summed E-state index contributed by atoms with van der Waals surface area (Å²) in [5, 5.41) is 1.28. The van der Waals surface area contributed by atoms with Crippen molar-refractivity contribution >= 4 is 24.0 Å². The van der Waals surface area contributed by atoms with Crippen LogP contribution in [0.4, 0.5) is 0 Å². The molecule has 1 aliphatic rings. The van der Waals surface area contributed by atoms with Crippen LogP contribution in [0, 0.1) is 5.92 Å². The number of aromatic nitrogens is 1. The van der Waals surface area contributed by atoms with Crippen LogP contribution in [0.15, 0.2) is 0 Å². The molecule has 1 aromatic rings. The number of aryl methyl sites for hydroxylation is 1. The maximum absolute atomic E-state index is 4.74. The molecule has 0 atom stereocenters. The topological polar surface area (TPSA) is 16.1 Å². The number of rotatable bonds is 4. The molecule has 1 aromatic heterocycles. The van der Waals surface area contributed by atoms with E-state index in [9.17, 15) is 0 Å². The van der Waals surface area contributed by atoms with Crippen LogP contribution >= 0.6 is 24.0 Å². The number of hydrogen-bond donors (Lipinski definition) is 1. The van der Waals surface area contributed by atoms with Gasteiger partial charge in [0.2, 0.25) is 0 Å². The summed E-state index contributed by atoms with van der Waals surface area (Å²) in [5.41, 5.74) is 1.25. The largest absolute Gasteiger partial charge is 0.297 e. The van der Waals surface area contributed by atoms with Gasteiger partial charge in [-0.3, -0.25) is 4.90 Å². The quantitative estimate of drug-likeness (QED) is 0.844. The molecule has 2 rings (SSSR count). The summed E-state index contributed by atoms with van der Waals surface area (Å²) in [6.07, 6.45) is 3.71. The van der Waals surface area contributed by atoms with Crippen LogP contribution in [-0.4, -0.2) is 23.0 Å². The molecule has 1 aliphatic heterocycles. The van der Waals surface area contributed by atoms with E-state index in [4.69, 9.17) is 4.98 Å². The summed E-state index contributed by atoms with van der Waals surface area (Å²) in [6.45, 7) is 8.04. The number of piperidine rings is 1. The molecule has 17 heavy (non-hydrogen) atoms. The second kappa shape index (κ2) is 6.21. The van der Waals surface area contributed by atoms with Crippen molar-refractivity contribution < 1.29 is 0 Å². The third-order valence-electron chi connectivity index (χ3n) is 3.54. The summed E-state index contributed by atoms with van der Waals surface area (Å²) in [4.78, 5) is 8.64. The predicted molar refractivity (Wildman–Crippen MR) is 77.9 cm³/mol. The summed E-state index contributed by atoms with van der Waals surface area (Å²) < 4.78 is 0.